The number of hydrogen-bond donors (Lipinski definition) is 2. The van der Waals surface area contributed by atoms with Gasteiger partial charge in [-0.15, -0.1) is 0 Å². The Hall–Kier alpha value is -6.21. The molecule has 0 aliphatic rings. The molecule has 5 aromatic carbocycles. The van der Waals surface area contributed by atoms with Crippen LogP contribution in [0.15, 0.2) is 139 Å². The van der Waals surface area contributed by atoms with E-state index in [2.05, 4.69) is 10.6 Å². The number of amides is 2. The van der Waals surface area contributed by atoms with Crippen molar-refractivity contribution >= 4 is 35.4 Å². The van der Waals surface area contributed by atoms with Gasteiger partial charge in [0, 0.05) is 16.8 Å². The Morgan fingerprint density at radius 2 is 1.22 bits per heavy atom. The maximum absolute atomic E-state index is 13.5. The minimum atomic E-state index is -0.510. The van der Waals surface area contributed by atoms with Gasteiger partial charge in [0.25, 0.3) is 11.8 Å². The molecule has 0 bridgehead atoms. The molecule has 0 saturated heterocycles. The number of rotatable bonds is 11. The first-order valence-corrected chi connectivity index (χ1v) is 14.5. The summed E-state index contributed by atoms with van der Waals surface area (Å²) in [5.74, 6) is 0.0354. The van der Waals surface area contributed by atoms with E-state index in [1.54, 1.807) is 87.0 Å². The third-order valence-electron chi connectivity index (χ3n) is 7.12. The van der Waals surface area contributed by atoms with Crippen LogP contribution in [0, 0.1) is 0 Å². The van der Waals surface area contributed by atoms with Crippen LogP contribution in [0.3, 0.4) is 0 Å². The monoisotopic (exact) mass is 608 g/mol. The summed E-state index contributed by atoms with van der Waals surface area (Å²) in [5.41, 5.74) is 5.02. The van der Waals surface area contributed by atoms with Gasteiger partial charge in [-0.3, -0.25) is 14.4 Å². The first kappa shape index (κ1) is 31.2. The number of ether oxygens (including phenoxy) is 2. The van der Waals surface area contributed by atoms with Gasteiger partial charge in [0.05, 0.1) is 14.2 Å². The third kappa shape index (κ3) is 8.03. The van der Waals surface area contributed by atoms with Crippen molar-refractivity contribution in [2.75, 3.05) is 19.5 Å². The summed E-state index contributed by atoms with van der Waals surface area (Å²) in [5, 5.41) is 5.58. The van der Waals surface area contributed by atoms with Gasteiger partial charge in [0.1, 0.15) is 5.70 Å². The summed E-state index contributed by atoms with van der Waals surface area (Å²) in [4.78, 5) is 39.3. The highest BCUT2D eigenvalue weighted by Crippen LogP contribution is 2.28. The van der Waals surface area contributed by atoms with Gasteiger partial charge in [-0.05, 0) is 82.9 Å². The number of anilines is 1. The lowest BCUT2D eigenvalue weighted by Crippen LogP contribution is -2.30. The molecule has 0 atom stereocenters. The van der Waals surface area contributed by atoms with Gasteiger partial charge in [-0.2, -0.15) is 0 Å². The van der Waals surface area contributed by atoms with Gasteiger partial charge in [0.15, 0.2) is 17.3 Å². The predicted octanol–water partition coefficient (Wildman–Crippen LogP) is 7.68. The molecular weight excluding hydrogens is 576 g/mol. The number of benzene rings is 5. The van der Waals surface area contributed by atoms with Gasteiger partial charge >= 0.3 is 0 Å². The van der Waals surface area contributed by atoms with Gasteiger partial charge in [-0.25, -0.2) is 0 Å². The van der Waals surface area contributed by atoms with Crippen LogP contribution in [0.5, 0.6) is 11.5 Å². The Morgan fingerprint density at radius 3 is 1.87 bits per heavy atom. The highest BCUT2D eigenvalue weighted by atomic mass is 16.5. The number of ketones is 1. The number of nitrogens with one attached hydrogen (secondary N) is 2. The first-order valence-electron chi connectivity index (χ1n) is 14.5. The number of allylic oxidation sites excluding steroid dienone is 1. The smallest absolute Gasteiger partial charge is 0.272 e. The summed E-state index contributed by atoms with van der Waals surface area (Å²) >= 11 is 0. The van der Waals surface area contributed by atoms with E-state index in [1.807, 2.05) is 66.7 Å². The van der Waals surface area contributed by atoms with E-state index in [4.69, 9.17) is 9.47 Å². The van der Waals surface area contributed by atoms with E-state index in [0.717, 1.165) is 22.3 Å². The fourth-order valence-electron chi connectivity index (χ4n) is 4.65. The average molecular weight is 609 g/mol. The van der Waals surface area contributed by atoms with Crippen LogP contribution >= 0.6 is 0 Å². The molecule has 2 N–H and O–H groups in total. The minimum Gasteiger partial charge on any atom is -0.493 e. The van der Waals surface area contributed by atoms with E-state index in [1.165, 1.54) is 6.08 Å². The molecule has 0 aliphatic carbocycles. The molecule has 7 nitrogen and oxygen atoms in total. The second-order valence-electron chi connectivity index (χ2n) is 10.2. The Kier molecular flexibility index (Phi) is 10.2. The van der Waals surface area contributed by atoms with Crippen LogP contribution in [-0.2, 0) is 4.79 Å². The molecule has 5 aromatic rings. The molecule has 0 radical (unpaired) electrons. The van der Waals surface area contributed by atoms with E-state index < -0.39 is 11.8 Å². The Balaban J connectivity index is 1.31. The normalized spacial score (nSPS) is 11.1. The second kappa shape index (κ2) is 15.0. The highest BCUT2D eigenvalue weighted by molar-refractivity contribution is 6.11. The Morgan fingerprint density at radius 1 is 0.609 bits per heavy atom. The predicted molar refractivity (Wildman–Crippen MR) is 182 cm³/mol. The number of carbonyl (C=O) groups is 3. The molecule has 7 heteroatoms. The van der Waals surface area contributed by atoms with Crippen molar-refractivity contribution < 1.29 is 23.9 Å². The third-order valence-corrected chi connectivity index (χ3v) is 7.12. The molecule has 228 valence electrons. The van der Waals surface area contributed by atoms with Crippen LogP contribution in [-0.4, -0.2) is 31.8 Å². The largest absolute Gasteiger partial charge is 0.493 e. The summed E-state index contributed by atoms with van der Waals surface area (Å²) in [6.07, 6.45) is 4.79. The van der Waals surface area contributed by atoms with Crippen molar-refractivity contribution in [1.82, 2.24) is 5.32 Å². The molecule has 0 aromatic heterocycles. The summed E-state index contributed by atoms with van der Waals surface area (Å²) in [6.45, 7) is 0. The van der Waals surface area contributed by atoms with Crippen LogP contribution in [0.2, 0.25) is 0 Å². The molecule has 0 unspecified atom stereocenters. The molecule has 2 amide bonds. The summed E-state index contributed by atoms with van der Waals surface area (Å²) in [6, 6.07) is 38.3. The van der Waals surface area contributed by atoms with Gasteiger partial charge in [0.2, 0.25) is 0 Å². The maximum Gasteiger partial charge on any atom is 0.272 e. The molecule has 0 aliphatic heterocycles. The molecule has 0 spiro atoms. The van der Waals surface area contributed by atoms with Crippen molar-refractivity contribution in [3.05, 3.63) is 161 Å². The zero-order valence-corrected chi connectivity index (χ0v) is 25.4. The van der Waals surface area contributed by atoms with E-state index in [-0.39, 0.29) is 11.5 Å². The highest BCUT2D eigenvalue weighted by Gasteiger charge is 2.15. The quantitative estimate of drug-likeness (QED) is 0.119. The molecule has 0 fully saturated rings. The van der Waals surface area contributed by atoms with E-state index >= 15 is 0 Å². The minimum absolute atomic E-state index is 0.0688. The SMILES string of the molecule is COc1ccc(/C=C/C(=O)c2ccc(NC(=O)/C(=C/c3ccc(-c4ccccc4)cc3)NC(=O)c3ccccc3)cc2)cc1OC. The Bertz CT molecular complexity index is 1880. The van der Waals surface area contributed by atoms with E-state index in [0.29, 0.717) is 28.3 Å². The van der Waals surface area contributed by atoms with Crippen LogP contribution in [0.4, 0.5) is 5.69 Å². The van der Waals surface area contributed by atoms with E-state index in [9.17, 15) is 14.4 Å². The molecule has 0 heterocycles. The zero-order chi connectivity index (χ0) is 32.3. The fourth-order valence-corrected chi connectivity index (χ4v) is 4.65. The lowest BCUT2D eigenvalue weighted by molar-refractivity contribution is -0.113. The molecule has 46 heavy (non-hydrogen) atoms. The van der Waals surface area contributed by atoms with Gasteiger partial charge < -0.3 is 20.1 Å². The zero-order valence-electron chi connectivity index (χ0n) is 25.4. The number of methoxy groups -OCH3 is 2. The average Bonchev–Trinajstić information content (AvgIpc) is 3.11. The Labute approximate surface area is 267 Å². The van der Waals surface area contributed by atoms with Crippen LogP contribution < -0.4 is 20.1 Å². The lowest BCUT2D eigenvalue weighted by atomic mass is 10.0. The summed E-state index contributed by atoms with van der Waals surface area (Å²) in [7, 11) is 3.11. The number of carbonyl (C=O) groups excluding carboxylic acids is 3. The standard InChI is InChI=1S/C39H32N2O5/c1-45-36-24-16-28(26-37(36)46-2)15-23-35(42)31-19-21-33(22-20-31)40-39(44)34(41-38(43)32-11-7-4-8-12-32)25-27-13-17-30(18-14-27)29-9-5-3-6-10-29/h3-26H,1-2H3,(H,40,44)(H,41,43)/b23-15+,34-25-. The number of hydrogen-bond acceptors (Lipinski definition) is 5. The van der Waals surface area contributed by atoms with Gasteiger partial charge in [-0.1, -0.05) is 84.9 Å². The fraction of sp³-hybridized carbons (Fsp3) is 0.0513. The topological polar surface area (TPSA) is 93.7 Å². The molecular formula is C39H32N2O5. The second-order valence-corrected chi connectivity index (χ2v) is 10.2. The summed E-state index contributed by atoms with van der Waals surface area (Å²) < 4.78 is 10.6. The molecule has 5 rings (SSSR count). The van der Waals surface area contributed by atoms with Crippen molar-refractivity contribution in [2.24, 2.45) is 0 Å². The first-order chi connectivity index (χ1) is 22.4. The molecule has 0 saturated carbocycles. The lowest BCUT2D eigenvalue weighted by Gasteiger charge is -2.12. The van der Waals surface area contributed by atoms with Crippen molar-refractivity contribution in [3.63, 3.8) is 0 Å². The van der Waals surface area contributed by atoms with Crippen molar-refractivity contribution in [3.8, 4) is 22.6 Å². The maximum atomic E-state index is 13.5. The van der Waals surface area contributed by atoms with Crippen LogP contribution in [0.25, 0.3) is 23.3 Å². The van der Waals surface area contributed by atoms with Crippen molar-refractivity contribution in [1.29, 1.82) is 0 Å². The van der Waals surface area contributed by atoms with Crippen LogP contribution in [0.1, 0.15) is 31.8 Å². The van der Waals surface area contributed by atoms with Crippen molar-refractivity contribution in [2.45, 2.75) is 0 Å².